The fraction of sp³-hybridized carbons (Fsp3) is 0.182. The quantitative estimate of drug-likeness (QED) is 0.581. The van der Waals surface area contributed by atoms with Gasteiger partial charge in [-0.2, -0.15) is 0 Å². The molecule has 1 heterocycles. The molecule has 82 valence electrons. The van der Waals surface area contributed by atoms with Crippen LogP contribution in [0.25, 0.3) is 0 Å². The number of benzene rings is 1. The van der Waals surface area contributed by atoms with Crippen LogP contribution in [0.5, 0.6) is 0 Å². The molecular weight excluding hydrogens is 212 g/mol. The van der Waals surface area contributed by atoms with Gasteiger partial charge in [0.05, 0.1) is 0 Å². The first-order valence-electron chi connectivity index (χ1n) is 4.64. The third-order valence-corrected chi connectivity index (χ3v) is 2.47. The van der Waals surface area contributed by atoms with Gasteiger partial charge in [-0.15, -0.1) is 0 Å². The minimum absolute atomic E-state index is 0.478. The average Bonchev–Trinajstić information content (AvgIpc) is 2.55. The second-order valence-corrected chi connectivity index (χ2v) is 3.44. The molecule has 16 heavy (non-hydrogen) atoms. The Hall–Kier alpha value is -2.17. The third kappa shape index (κ3) is 1.56. The van der Waals surface area contributed by atoms with Crippen molar-refractivity contribution in [3.05, 3.63) is 35.9 Å². The molecule has 0 spiro atoms. The van der Waals surface area contributed by atoms with Crippen LogP contribution in [-0.2, 0) is 19.1 Å². The van der Waals surface area contributed by atoms with E-state index in [1.165, 1.54) is 0 Å². The van der Waals surface area contributed by atoms with Crippen molar-refractivity contribution in [2.75, 3.05) is 0 Å². The van der Waals surface area contributed by atoms with E-state index in [1.807, 2.05) is 0 Å². The Morgan fingerprint density at radius 2 is 1.75 bits per heavy atom. The topological polar surface area (TPSA) is 80.7 Å². The van der Waals surface area contributed by atoms with Crippen molar-refractivity contribution >= 4 is 17.9 Å². The lowest BCUT2D eigenvalue weighted by Gasteiger charge is -2.09. The van der Waals surface area contributed by atoms with Gasteiger partial charge in [0.15, 0.2) is 5.92 Å². The average molecular weight is 220 g/mol. The number of hydrogen-bond donors (Lipinski definition) is 1. The smallest absolute Gasteiger partial charge is 0.329 e. The van der Waals surface area contributed by atoms with Crippen LogP contribution in [-0.4, -0.2) is 23.0 Å². The van der Waals surface area contributed by atoms with Gasteiger partial charge in [0, 0.05) is 0 Å². The summed E-state index contributed by atoms with van der Waals surface area (Å²) < 4.78 is 4.34. The first kappa shape index (κ1) is 10.4. The molecule has 1 aromatic rings. The lowest BCUT2D eigenvalue weighted by molar-refractivity contribution is -0.155. The number of esters is 2. The Morgan fingerprint density at radius 3 is 2.31 bits per heavy atom. The van der Waals surface area contributed by atoms with Crippen LogP contribution in [0, 0.1) is 5.92 Å². The minimum Gasteiger partial charge on any atom is -0.481 e. The monoisotopic (exact) mass is 220 g/mol. The molecule has 2 unspecified atom stereocenters. The molecule has 0 radical (unpaired) electrons. The number of aliphatic carboxylic acids is 1. The zero-order valence-electron chi connectivity index (χ0n) is 8.12. The molecule has 0 bridgehead atoms. The number of carbonyl (C=O) groups is 3. The fourth-order valence-electron chi connectivity index (χ4n) is 1.73. The molecule has 5 nitrogen and oxygen atoms in total. The van der Waals surface area contributed by atoms with Crippen molar-refractivity contribution in [2.24, 2.45) is 5.92 Å². The van der Waals surface area contributed by atoms with Gasteiger partial charge in [-0.25, -0.2) is 0 Å². The van der Waals surface area contributed by atoms with E-state index < -0.39 is 29.7 Å². The van der Waals surface area contributed by atoms with Gasteiger partial charge in [0.25, 0.3) is 0 Å². The Kier molecular flexibility index (Phi) is 2.44. The second-order valence-electron chi connectivity index (χ2n) is 3.44. The van der Waals surface area contributed by atoms with Crippen LogP contribution in [0.1, 0.15) is 11.5 Å². The molecule has 0 amide bonds. The standard InChI is InChI=1S/C11H8O5/c12-9(13)8-7(10(14)16-11(8)15)6-4-2-1-3-5-6/h1-5,7-8H,(H,12,13). The van der Waals surface area contributed by atoms with Gasteiger partial charge in [0.1, 0.15) is 5.92 Å². The molecule has 0 aromatic heterocycles. The van der Waals surface area contributed by atoms with Crippen molar-refractivity contribution in [1.29, 1.82) is 0 Å². The van der Waals surface area contributed by atoms with E-state index in [0.29, 0.717) is 5.56 Å². The molecule has 1 fully saturated rings. The highest BCUT2D eigenvalue weighted by atomic mass is 16.6. The van der Waals surface area contributed by atoms with E-state index in [1.54, 1.807) is 30.3 Å². The SMILES string of the molecule is O=C(O)C1C(=O)OC(=O)C1c1ccccc1. The van der Waals surface area contributed by atoms with Crippen molar-refractivity contribution < 1.29 is 24.2 Å². The van der Waals surface area contributed by atoms with Gasteiger partial charge in [-0.3, -0.25) is 14.4 Å². The molecule has 1 aliphatic rings. The zero-order valence-corrected chi connectivity index (χ0v) is 8.12. The molecule has 5 heteroatoms. The van der Waals surface area contributed by atoms with Gasteiger partial charge in [-0.05, 0) is 5.56 Å². The number of cyclic esters (lactones) is 2. The van der Waals surface area contributed by atoms with E-state index >= 15 is 0 Å². The predicted molar refractivity (Wildman–Crippen MR) is 51.4 cm³/mol. The number of carboxylic acid groups (broad SMARTS) is 1. The molecule has 1 N–H and O–H groups in total. The normalized spacial score (nSPS) is 24.2. The summed E-state index contributed by atoms with van der Waals surface area (Å²) in [5.41, 5.74) is 0.478. The number of ether oxygens (including phenoxy) is 1. The summed E-state index contributed by atoms with van der Waals surface area (Å²) >= 11 is 0. The van der Waals surface area contributed by atoms with E-state index in [2.05, 4.69) is 4.74 Å². The first-order valence-corrected chi connectivity index (χ1v) is 4.64. The van der Waals surface area contributed by atoms with Gasteiger partial charge >= 0.3 is 17.9 Å². The fourth-order valence-corrected chi connectivity index (χ4v) is 1.73. The van der Waals surface area contributed by atoms with Crippen molar-refractivity contribution in [3.8, 4) is 0 Å². The Balaban J connectivity index is 2.42. The maximum atomic E-state index is 11.4. The lowest BCUT2D eigenvalue weighted by Crippen LogP contribution is -2.24. The van der Waals surface area contributed by atoms with E-state index in [0.717, 1.165) is 0 Å². The number of carbonyl (C=O) groups excluding carboxylic acids is 2. The third-order valence-electron chi connectivity index (χ3n) is 2.47. The molecule has 1 aromatic carbocycles. The van der Waals surface area contributed by atoms with Gasteiger partial charge in [0.2, 0.25) is 0 Å². The predicted octanol–water partition coefficient (Wildman–Crippen LogP) is 0.554. The molecule has 2 atom stereocenters. The molecule has 0 aliphatic carbocycles. The lowest BCUT2D eigenvalue weighted by atomic mass is 9.88. The van der Waals surface area contributed by atoms with Crippen molar-refractivity contribution in [1.82, 2.24) is 0 Å². The minimum atomic E-state index is -1.44. The Labute approximate surface area is 90.6 Å². The van der Waals surface area contributed by atoms with Gasteiger partial charge in [-0.1, -0.05) is 30.3 Å². The largest absolute Gasteiger partial charge is 0.481 e. The second kappa shape index (κ2) is 3.77. The Morgan fingerprint density at radius 1 is 1.12 bits per heavy atom. The summed E-state index contributed by atoms with van der Waals surface area (Å²) in [6, 6.07) is 8.27. The van der Waals surface area contributed by atoms with Crippen LogP contribution in [0.2, 0.25) is 0 Å². The van der Waals surface area contributed by atoms with Crippen molar-refractivity contribution in [2.45, 2.75) is 5.92 Å². The molecule has 1 aliphatic heterocycles. The summed E-state index contributed by atoms with van der Waals surface area (Å²) in [6.45, 7) is 0. The first-order chi connectivity index (χ1) is 7.61. The number of rotatable bonds is 2. The molecule has 0 saturated carbocycles. The van der Waals surface area contributed by atoms with Crippen LogP contribution in [0.15, 0.2) is 30.3 Å². The Bertz CT molecular complexity index is 451. The van der Waals surface area contributed by atoms with Crippen molar-refractivity contribution in [3.63, 3.8) is 0 Å². The molecular formula is C11H8O5. The maximum Gasteiger partial charge on any atom is 0.329 e. The summed E-state index contributed by atoms with van der Waals surface area (Å²) in [6.07, 6.45) is 0. The highest BCUT2D eigenvalue weighted by Crippen LogP contribution is 2.33. The van der Waals surface area contributed by atoms with E-state index in [-0.39, 0.29) is 0 Å². The molecule has 1 saturated heterocycles. The van der Waals surface area contributed by atoms with Crippen LogP contribution in [0.3, 0.4) is 0 Å². The summed E-state index contributed by atoms with van der Waals surface area (Å²) in [5, 5.41) is 8.88. The number of carboxylic acids is 1. The van der Waals surface area contributed by atoms with E-state index in [9.17, 15) is 14.4 Å². The maximum absolute atomic E-state index is 11.4. The molecule has 2 rings (SSSR count). The highest BCUT2D eigenvalue weighted by Gasteiger charge is 2.49. The summed E-state index contributed by atoms with van der Waals surface area (Å²) in [7, 11) is 0. The highest BCUT2D eigenvalue weighted by molar-refractivity contribution is 6.09. The summed E-state index contributed by atoms with van der Waals surface area (Å²) in [4.78, 5) is 33.5. The zero-order chi connectivity index (χ0) is 11.7. The van der Waals surface area contributed by atoms with Crippen LogP contribution >= 0.6 is 0 Å². The van der Waals surface area contributed by atoms with Crippen LogP contribution in [0.4, 0.5) is 0 Å². The van der Waals surface area contributed by atoms with Crippen LogP contribution < -0.4 is 0 Å². The van der Waals surface area contributed by atoms with Gasteiger partial charge < -0.3 is 9.84 Å². The summed E-state index contributed by atoms with van der Waals surface area (Å²) in [5.74, 6) is -5.61. The van der Waals surface area contributed by atoms with E-state index in [4.69, 9.17) is 5.11 Å². The number of hydrogen-bond acceptors (Lipinski definition) is 4.